The molecule has 0 saturated heterocycles. The first kappa shape index (κ1) is 13.8. The van der Waals surface area contributed by atoms with Crippen LogP contribution >= 0.6 is 11.3 Å². The molecule has 0 aliphatic rings. The van der Waals surface area contributed by atoms with Crippen LogP contribution in [0.25, 0.3) is 10.6 Å². The lowest BCUT2D eigenvalue weighted by Crippen LogP contribution is -1.97. The van der Waals surface area contributed by atoms with Crippen LogP contribution in [0.3, 0.4) is 0 Å². The molecule has 0 radical (unpaired) electrons. The second kappa shape index (κ2) is 6.54. The van der Waals surface area contributed by atoms with Gasteiger partial charge in [0.15, 0.2) is 11.5 Å². The number of rotatable bonds is 6. The van der Waals surface area contributed by atoms with Crippen molar-refractivity contribution in [2.24, 2.45) is 5.73 Å². The van der Waals surface area contributed by atoms with Crippen molar-refractivity contribution in [3.8, 4) is 22.1 Å². The van der Waals surface area contributed by atoms with Gasteiger partial charge >= 0.3 is 0 Å². The average Bonchev–Trinajstić information content (AvgIpc) is 2.93. The van der Waals surface area contributed by atoms with E-state index in [2.05, 4.69) is 11.9 Å². The van der Waals surface area contributed by atoms with Gasteiger partial charge in [0.2, 0.25) is 0 Å². The molecule has 1 aromatic carbocycles. The van der Waals surface area contributed by atoms with Gasteiger partial charge in [-0.1, -0.05) is 6.92 Å². The standard InChI is InChI=1S/C14H18N2O2S/c1-3-6-18-13-7-10(4-5-12(13)17-2)14-16-9-11(8-15)19-14/h4-5,7,9H,3,6,8,15H2,1-2H3. The summed E-state index contributed by atoms with van der Waals surface area (Å²) in [7, 11) is 1.64. The highest BCUT2D eigenvalue weighted by atomic mass is 32.1. The van der Waals surface area contributed by atoms with Gasteiger partial charge < -0.3 is 15.2 Å². The zero-order valence-corrected chi connectivity index (χ0v) is 12.0. The molecule has 2 rings (SSSR count). The minimum absolute atomic E-state index is 0.521. The van der Waals surface area contributed by atoms with Gasteiger partial charge in [0, 0.05) is 23.2 Å². The first-order valence-electron chi connectivity index (χ1n) is 6.24. The molecular weight excluding hydrogens is 260 g/mol. The van der Waals surface area contributed by atoms with Gasteiger partial charge in [-0.05, 0) is 24.6 Å². The number of aromatic nitrogens is 1. The first-order valence-corrected chi connectivity index (χ1v) is 7.06. The normalized spacial score (nSPS) is 10.5. The summed E-state index contributed by atoms with van der Waals surface area (Å²) >= 11 is 1.60. The molecule has 0 spiro atoms. The number of nitrogens with two attached hydrogens (primary N) is 1. The molecule has 5 heteroatoms. The third kappa shape index (κ3) is 3.24. The highest BCUT2D eigenvalue weighted by molar-refractivity contribution is 7.15. The molecule has 19 heavy (non-hydrogen) atoms. The van der Waals surface area contributed by atoms with Crippen molar-refractivity contribution in [1.29, 1.82) is 0 Å². The molecule has 0 saturated carbocycles. The lowest BCUT2D eigenvalue weighted by atomic mass is 10.2. The molecule has 0 amide bonds. The van der Waals surface area contributed by atoms with Crippen molar-refractivity contribution in [3.05, 3.63) is 29.3 Å². The molecule has 0 aliphatic heterocycles. The Morgan fingerprint density at radius 1 is 1.32 bits per heavy atom. The summed E-state index contributed by atoms with van der Waals surface area (Å²) in [5.74, 6) is 1.50. The van der Waals surface area contributed by atoms with E-state index in [4.69, 9.17) is 15.2 Å². The molecule has 2 N–H and O–H groups in total. The molecule has 0 aliphatic carbocycles. The van der Waals surface area contributed by atoms with Gasteiger partial charge in [-0.2, -0.15) is 0 Å². The maximum Gasteiger partial charge on any atom is 0.161 e. The lowest BCUT2D eigenvalue weighted by Gasteiger charge is -2.10. The SMILES string of the molecule is CCCOc1cc(-c2ncc(CN)s2)ccc1OC. The summed E-state index contributed by atoms with van der Waals surface area (Å²) in [5.41, 5.74) is 6.63. The zero-order chi connectivity index (χ0) is 13.7. The Morgan fingerprint density at radius 2 is 2.16 bits per heavy atom. The molecule has 1 aromatic heterocycles. The molecule has 0 bridgehead atoms. The van der Waals surface area contributed by atoms with Gasteiger partial charge in [-0.25, -0.2) is 4.98 Å². The van der Waals surface area contributed by atoms with Crippen LogP contribution in [0, 0.1) is 0 Å². The molecule has 2 aromatic rings. The zero-order valence-electron chi connectivity index (χ0n) is 11.2. The lowest BCUT2D eigenvalue weighted by molar-refractivity contribution is 0.294. The first-order chi connectivity index (χ1) is 9.28. The Hall–Kier alpha value is -1.59. The van der Waals surface area contributed by atoms with E-state index in [0.717, 1.165) is 33.4 Å². The van der Waals surface area contributed by atoms with Crippen LogP contribution < -0.4 is 15.2 Å². The quantitative estimate of drug-likeness (QED) is 0.882. The van der Waals surface area contributed by atoms with Gasteiger partial charge in [0.1, 0.15) is 5.01 Å². The second-order valence-electron chi connectivity index (χ2n) is 4.05. The van der Waals surface area contributed by atoms with E-state index in [9.17, 15) is 0 Å². The van der Waals surface area contributed by atoms with Crippen molar-refractivity contribution >= 4 is 11.3 Å². The van der Waals surface area contributed by atoms with E-state index in [1.807, 2.05) is 24.4 Å². The minimum atomic E-state index is 0.521. The molecule has 0 fully saturated rings. The van der Waals surface area contributed by atoms with E-state index in [1.54, 1.807) is 18.4 Å². The van der Waals surface area contributed by atoms with Crippen molar-refractivity contribution in [2.75, 3.05) is 13.7 Å². The molecule has 4 nitrogen and oxygen atoms in total. The number of ether oxygens (including phenoxy) is 2. The summed E-state index contributed by atoms with van der Waals surface area (Å²) in [5, 5.41) is 0.949. The van der Waals surface area contributed by atoms with Gasteiger partial charge in [0.05, 0.1) is 13.7 Å². The number of hydrogen-bond donors (Lipinski definition) is 1. The van der Waals surface area contributed by atoms with Crippen molar-refractivity contribution in [1.82, 2.24) is 4.98 Å². The summed E-state index contributed by atoms with van der Waals surface area (Å²) in [6.07, 6.45) is 2.78. The number of hydrogen-bond acceptors (Lipinski definition) is 5. The summed E-state index contributed by atoms with van der Waals surface area (Å²) in [4.78, 5) is 5.45. The van der Waals surface area contributed by atoms with Crippen LogP contribution in [0.1, 0.15) is 18.2 Å². The summed E-state index contributed by atoms with van der Waals surface area (Å²) in [6, 6.07) is 5.86. The summed E-state index contributed by atoms with van der Waals surface area (Å²) < 4.78 is 11.0. The van der Waals surface area contributed by atoms with Gasteiger partial charge in [0.25, 0.3) is 0 Å². The third-order valence-electron chi connectivity index (χ3n) is 2.63. The van der Waals surface area contributed by atoms with Crippen molar-refractivity contribution in [2.45, 2.75) is 19.9 Å². The number of benzene rings is 1. The molecule has 102 valence electrons. The fourth-order valence-corrected chi connectivity index (χ4v) is 2.46. The van der Waals surface area contributed by atoms with Gasteiger partial charge in [-0.3, -0.25) is 0 Å². The highest BCUT2D eigenvalue weighted by Gasteiger charge is 2.09. The monoisotopic (exact) mass is 278 g/mol. The minimum Gasteiger partial charge on any atom is -0.493 e. The van der Waals surface area contributed by atoms with E-state index in [1.165, 1.54) is 0 Å². The van der Waals surface area contributed by atoms with Crippen LogP contribution in [0.15, 0.2) is 24.4 Å². The van der Waals surface area contributed by atoms with E-state index < -0.39 is 0 Å². The van der Waals surface area contributed by atoms with Crippen LogP contribution in [-0.2, 0) is 6.54 Å². The van der Waals surface area contributed by atoms with Crippen LogP contribution in [0.5, 0.6) is 11.5 Å². The molecule has 0 unspecified atom stereocenters. The molecule has 0 atom stereocenters. The van der Waals surface area contributed by atoms with Crippen molar-refractivity contribution < 1.29 is 9.47 Å². The van der Waals surface area contributed by atoms with Crippen LogP contribution in [-0.4, -0.2) is 18.7 Å². The van der Waals surface area contributed by atoms with E-state index in [-0.39, 0.29) is 0 Å². The van der Waals surface area contributed by atoms with E-state index in [0.29, 0.717) is 13.2 Å². The summed E-state index contributed by atoms with van der Waals surface area (Å²) in [6.45, 7) is 3.27. The Kier molecular flexibility index (Phi) is 4.76. The Morgan fingerprint density at radius 3 is 2.79 bits per heavy atom. The predicted molar refractivity (Wildman–Crippen MR) is 77.8 cm³/mol. The smallest absolute Gasteiger partial charge is 0.161 e. The fourth-order valence-electron chi connectivity index (χ4n) is 1.67. The highest BCUT2D eigenvalue weighted by Crippen LogP contribution is 2.34. The van der Waals surface area contributed by atoms with Crippen LogP contribution in [0.2, 0.25) is 0 Å². The van der Waals surface area contributed by atoms with Crippen molar-refractivity contribution in [3.63, 3.8) is 0 Å². The Labute approximate surface area is 117 Å². The number of thiazole rings is 1. The number of nitrogens with zero attached hydrogens (tertiary/aromatic N) is 1. The average molecular weight is 278 g/mol. The van der Waals surface area contributed by atoms with Gasteiger partial charge in [-0.15, -0.1) is 11.3 Å². The number of methoxy groups -OCH3 is 1. The topological polar surface area (TPSA) is 57.4 Å². The van der Waals surface area contributed by atoms with E-state index >= 15 is 0 Å². The Balaban J connectivity index is 2.30. The fraction of sp³-hybridized carbons (Fsp3) is 0.357. The van der Waals surface area contributed by atoms with Crippen LogP contribution in [0.4, 0.5) is 0 Å². The molecular formula is C14H18N2O2S. The third-order valence-corrected chi connectivity index (χ3v) is 3.70. The predicted octanol–water partition coefficient (Wildman–Crippen LogP) is 3.07. The maximum absolute atomic E-state index is 5.70. The molecule has 1 heterocycles. The largest absolute Gasteiger partial charge is 0.493 e. The Bertz CT molecular complexity index is 540. The second-order valence-corrected chi connectivity index (χ2v) is 5.17. The maximum atomic E-state index is 5.70.